The van der Waals surface area contributed by atoms with Crippen molar-refractivity contribution in [3.8, 4) is 11.5 Å². The zero-order valence-electron chi connectivity index (χ0n) is 14.0. The maximum Gasteiger partial charge on any atom is 0.126 e. The largest absolute Gasteiger partial charge is 0.497 e. The molecular formula is C20H20N2O2. The van der Waals surface area contributed by atoms with Crippen molar-refractivity contribution in [1.82, 2.24) is 0 Å². The molecule has 4 nitrogen and oxygen atoms in total. The van der Waals surface area contributed by atoms with E-state index >= 15 is 0 Å². The van der Waals surface area contributed by atoms with E-state index in [-0.39, 0.29) is 0 Å². The molecule has 4 heteroatoms. The lowest BCUT2D eigenvalue weighted by Crippen LogP contribution is -2.04. The average molecular weight is 320 g/mol. The van der Waals surface area contributed by atoms with E-state index in [9.17, 15) is 0 Å². The Balaban J connectivity index is 2.19. The van der Waals surface area contributed by atoms with E-state index in [1.54, 1.807) is 14.2 Å². The van der Waals surface area contributed by atoms with Gasteiger partial charge in [-0.25, -0.2) is 0 Å². The molecule has 0 aliphatic rings. The zero-order chi connectivity index (χ0) is 17.1. The van der Waals surface area contributed by atoms with Gasteiger partial charge in [0.25, 0.3) is 0 Å². The summed E-state index contributed by atoms with van der Waals surface area (Å²) in [6.45, 7) is 0. The summed E-state index contributed by atoms with van der Waals surface area (Å²) in [5, 5.41) is 13.9. The predicted octanol–water partition coefficient (Wildman–Crippen LogP) is 4.31. The van der Waals surface area contributed by atoms with Crippen LogP contribution in [-0.4, -0.2) is 27.0 Å². The van der Waals surface area contributed by atoms with Gasteiger partial charge in [0, 0.05) is 34.6 Å². The minimum atomic E-state index is 0.466. The topological polar surface area (TPSA) is 54.3 Å². The molecule has 0 radical (unpaired) electrons. The molecule has 0 atom stereocenters. The quantitative estimate of drug-likeness (QED) is 0.689. The van der Waals surface area contributed by atoms with Crippen LogP contribution >= 0.6 is 0 Å². The Morgan fingerprint density at radius 2 is 1.67 bits per heavy atom. The highest BCUT2D eigenvalue weighted by molar-refractivity contribution is 6.21. The third kappa shape index (κ3) is 2.67. The first-order valence-corrected chi connectivity index (χ1v) is 7.70. The zero-order valence-corrected chi connectivity index (χ0v) is 14.0. The smallest absolute Gasteiger partial charge is 0.126 e. The second-order valence-corrected chi connectivity index (χ2v) is 5.40. The Kier molecular flexibility index (Phi) is 4.38. The van der Waals surface area contributed by atoms with Gasteiger partial charge in [0.1, 0.15) is 11.5 Å². The molecule has 2 N–H and O–H groups in total. The molecule has 0 aromatic heterocycles. The van der Waals surface area contributed by atoms with E-state index in [4.69, 9.17) is 14.9 Å². The summed E-state index contributed by atoms with van der Waals surface area (Å²) in [6.07, 6.45) is 0. The molecule has 0 fully saturated rings. The molecule has 0 heterocycles. The minimum Gasteiger partial charge on any atom is -0.497 e. The summed E-state index contributed by atoms with van der Waals surface area (Å²) in [5.41, 5.74) is 3.14. The van der Waals surface area contributed by atoms with Crippen LogP contribution in [0.25, 0.3) is 10.8 Å². The predicted molar refractivity (Wildman–Crippen MR) is 99.0 cm³/mol. The van der Waals surface area contributed by atoms with Crippen LogP contribution in [0.1, 0.15) is 11.1 Å². The summed E-state index contributed by atoms with van der Waals surface area (Å²) in [7, 11) is 5.18. The number of benzene rings is 3. The monoisotopic (exact) mass is 320 g/mol. The first-order chi connectivity index (χ1) is 11.7. The molecule has 3 aromatic rings. The summed E-state index contributed by atoms with van der Waals surface area (Å²) in [4.78, 5) is 0. The van der Waals surface area contributed by atoms with Gasteiger partial charge < -0.3 is 14.8 Å². The van der Waals surface area contributed by atoms with Gasteiger partial charge in [-0.2, -0.15) is 0 Å². The second kappa shape index (κ2) is 6.62. The lowest BCUT2D eigenvalue weighted by atomic mass is 9.95. The lowest BCUT2D eigenvalue weighted by molar-refractivity contribution is 0.415. The van der Waals surface area contributed by atoms with Gasteiger partial charge in [-0.3, -0.25) is 5.41 Å². The van der Waals surface area contributed by atoms with E-state index in [0.29, 0.717) is 5.71 Å². The standard InChI is InChI=1S/C20H20N2O2/c1-22-17-6-4-5-15-18(24-3)12-11-16(19(15)17)20(21)13-7-9-14(23-2)10-8-13/h4-12,21-22H,1-3H3. The van der Waals surface area contributed by atoms with E-state index in [1.165, 1.54) is 0 Å². The van der Waals surface area contributed by atoms with Crippen LogP contribution in [0.2, 0.25) is 0 Å². The highest BCUT2D eigenvalue weighted by atomic mass is 16.5. The number of anilines is 1. The molecule has 0 unspecified atom stereocenters. The maximum absolute atomic E-state index is 8.67. The SMILES string of the molecule is CNc1cccc2c(OC)ccc(C(=N)c3ccc(OC)cc3)c12. The van der Waals surface area contributed by atoms with Crippen molar-refractivity contribution < 1.29 is 9.47 Å². The van der Waals surface area contributed by atoms with E-state index < -0.39 is 0 Å². The van der Waals surface area contributed by atoms with E-state index in [1.807, 2.05) is 61.6 Å². The fourth-order valence-electron chi connectivity index (χ4n) is 2.89. The Morgan fingerprint density at radius 3 is 2.29 bits per heavy atom. The van der Waals surface area contributed by atoms with Crippen LogP contribution < -0.4 is 14.8 Å². The Hall–Kier alpha value is -3.01. The number of hydrogen-bond donors (Lipinski definition) is 2. The Labute approximate surface area is 141 Å². The molecule has 0 aliphatic carbocycles. The molecule has 0 bridgehead atoms. The normalized spacial score (nSPS) is 10.5. The van der Waals surface area contributed by atoms with Crippen LogP contribution in [0.15, 0.2) is 54.6 Å². The highest BCUT2D eigenvalue weighted by Crippen LogP contribution is 2.34. The van der Waals surface area contributed by atoms with Crippen LogP contribution in [0, 0.1) is 5.41 Å². The number of fused-ring (bicyclic) bond motifs is 1. The molecule has 0 saturated carbocycles. The fourth-order valence-corrected chi connectivity index (χ4v) is 2.89. The molecule has 0 amide bonds. The van der Waals surface area contributed by atoms with Crippen molar-refractivity contribution in [1.29, 1.82) is 5.41 Å². The molecule has 0 spiro atoms. The molecule has 0 aliphatic heterocycles. The molecule has 3 rings (SSSR count). The first-order valence-electron chi connectivity index (χ1n) is 7.70. The van der Waals surface area contributed by atoms with Gasteiger partial charge in [-0.05, 0) is 42.5 Å². The van der Waals surface area contributed by atoms with E-state index in [0.717, 1.165) is 39.1 Å². The highest BCUT2D eigenvalue weighted by Gasteiger charge is 2.14. The number of hydrogen-bond acceptors (Lipinski definition) is 4. The first kappa shape index (κ1) is 15.9. The van der Waals surface area contributed by atoms with E-state index in [2.05, 4.69) is 5.32 Å². The summed E-state index contributed by atoms with van der Waals surface area (Å²) >= 11 is 0. The number of rotatable bonds is 5. The van der Waals surface area contributed by atoms with Gasteiger partial charge >= 0.3 is 0 Å². The Morgan fingerprint density at radius 1 is 0.917 bits per heavy atom. The van der Waals surface area contributed by atoms with Crippen LogP contribution in [0.4, 0.5) is 5.69 Å². The number of ether oxygens (including phenoxy) is 2. The molecule has 122 valence electrons. The summed E-state index contributed by atoms with van der Waals surface area (Å²) < 4.78 is 10.7. The third-order valence-corrected chi connectivity index (χ3v) is 4.14. The van der Waals surface area contributed by atoms with Gasteiger partial charge in [0.2, 0.25) is 0 Å². The second-order valence-electron chi connectivity index (χ2n) is 5.40. The van der Waals surface area contributed by atoms with Crippen molar-refractivity contribution in [2.24, 2.45) is 0 Å². The van der Waals surface area contributed by atoms with Crippen LogP contribution in [0.3, 0.4) is 0 Å². The Bertz CT molecular complexity index is 886. The maximum atomic E-state index is 8.67. The number of methoxy groups -OCH3 is 2. The van der Waals surface area contributed by atoms with Crippen LogP contribution in [-0.2, 0) is 0 Å². The third-order valence-electron chi connectivity index (χ3n) is 4.14. The van der Waals surface area contributed by atoms with Crippen molar-refractivity contribution in [2.45, 2.75) is 0 Å². The average Bonchev–Trinajstić information content (AvgIpc) is 2.66. The van der Waals surface area contributed by atoms with Gasteiger partial charge in [-0.1, -0.05) is 12.1 Å². The van der Waals surface area contributed by atoms with Crippen LogP contribution in [0.5, 0.6) is 11.5 Å². The van der Waals surface area contributed by atoms with Crippen molar-refractivity contribution in [3.63, 3.8) is 0 Å². The lowest BCUT2D eigenvalue weighted by Gasteiger charge is -2.15. The van der Waals surface area contributed by atoms with Crippen molar-refractivity contribution >= 4 is 22.2 Å². The molecule has 3 aromatic carbocycles. The molecular weight excluding hydrogens is 300 g/mol. The summed E-state index contributed by atoms with van der Waals surface area (Å²) in [6, 6.07) is 17.4. The van der Waals surface area contributed by atoms with Crippen molar-refractivity contribution in [2.75, 3.05) is 26.6 Å². The van der Waals surface area contributed by atoms with Gasteiger partial charge in [-0.15, -0.1) is 0 Å². The number of nitrogens with one attached hydrogen (secondary N) is 2. The summed E-state index contributed by atoms with van der Waals surface area (Å²) in [5.74, 6) is 1.58. The molecule has 0 saturated heterocycles. The minimum absolute atomic E-state index is 0.466. The fraction of sp³-hybridized carbons (Fsp3) is 0.150. The van der Waals surface area contributed by atoms with Gasteiger partial charge in [0.15, 0.2) is 0 Å². The van der Waals surface area contributed by atoms with Gasteiger partial charge in [0.05, 0.1) is 19.9 Å². The molecule has 24 heavy (non-hydrogen) atoms. The van der Waals surface area contributed by atoms with Crippen molar-refractivity contribution in [3.05, 3.63) is 65.7 Å².